The second-order valence-corrected chi connectivity index (χ2v) is 30.8. The molecule has 0 heterocycles. The van der Waals surface area contributed by atoms with Crippen LogP contribution in [-0.2, 0) is 20.4 Å². The molecule has 4 aliphatic carbocycles. The van der Waals surface area contributed by atoms with Crippen LogP contribution in [0.1, 0.15) is 62.5 Å². The molecule has 8 unspecified atom stereocenters. The van der Waals surface area contributed by atoms with Crippen LogP contribution in [0.2, 0.25) is 20.3 Å². The molecule has 0 aromatic heterocycles. The van der Waals surface area contributed by atoms with Gasteiger partial charge in [0.15, 0.2) is 0 Å². The van der Waals surface area contributed by atoms with Gasteiger partial charge in [-0.2, -0.15) is 0 Å². The van der Waals surface area contributed by atoms with Crippen LogP contribution in [0.25, 0.3) is 0 Å². The van der Waals surface area contributed by atoms with Crippen LogP contribution in [0.4, 0.5) is 0 Å². The number of allylic oxidation sites excluding steroid dienone is 8. The van der Waals surface area contributed by atoms with Crippen molar-refractivity contribution >= 4 is 5.43 Å². The fourth-order valence-corrected chi connectivity index (χ4v) is 32.5. The number of hydrogen-bond acceptors (Lipinski definition) is 0. The first-order valence-electron chi connectivity index (χ1n) is 15.0. The van der Waals surface area contributed by atoms with Gasteiger partial charge in [0.05, 0.1) is 0 Å². The normalized spacial score (nSPS) is 32.1. The van der Waals surface area contributed by atoms with Crippen molar-refractivity contribution in [1.29, 1.82) is 0 Å². The Hall–Kier alpha value is -0.920. The van der Waals surface area contributed by atoms with Crippen molar-refractivity contribution in [2.45, 2.75) is 71.7 Å². The van der Waals surface area contributed by atoms with E-state index in [2.05, 4.69) is 124 Å². The summed E-state index contributed by atoms with van der Waals surface area (Å²) in [7, 11) is 0. The molecule has 0 saturated heterocycles. The fraction of sp³-hybridized carbons (Fsp3) is 0.444. The van der Waals surface area contributed by atoms with Crippen molar-refractivity contribution in [1.82, 2.24) is 0 Å². The Kier molecular flexibility index (Phi) is 11.2. The third kappa shape index (κ3) is 6.08. The summed E-state index contributed by atoms with van der Waals surface area (Å²) in [5, 5.41) is 0. The minimum absolute atomic E-state index is 0. The average Bonchev–Trinajstić information content (AvgIpc) is 3.21. The average molecular weight is 667 g/mol. The summed E-state index contributed by atoms with van der Waals surface area (Å²) < 4.78 is 1.82. The monoisotopic (exact) mass is 664 g/mol. The maximum Gasteiger partial charge on any atom is -1.00 e. The largest absolute Gasteiger partial charge is 1.00 e. The van der Waals surface area contributed by atoms with Crippen LogP contribution < -0.4 is 24.8 Å². The van der Waals surface area contributed by atoms with Crippen LogP contribution in [0.5, 0.6) is 0 Å². The summed E-state index contributed by atoms with van der Waals surface area (Å²) in [5.74, 6) is 4.46. The predicted octanol–water partition coefficient (Wildman–Crippen LogP) is 4.09. The van der Waals surface area contributed by atoms with E-state index in [1.54, 1.807) is 11.1 Å². The number of halogens is 2. The fourth-order valence-electron chi connectivity index (χ4n) is 8.77. The molecule has 210 valence electrons. The van der Waals surface area contributed by atoms with E-state index in [1.807, 2.05) is 11.1 Å². The summed E-state index contributed by atoms with van der Waals surface area (Å²) in [5.41, 5.74) is 6.55. The maximum atomic E-state index is 2.71. The minimum atomic E-state index is -1.89. The molecule has 2 aromatic rings. The molecule has 40 heavy (non-hydrogen) atoms. The molecule has 0 N–H and O–H groups in total. The van der Waals surface area contributed by atoms with Crippen molar-refractivity contribution in [3.63, 3.8) is 0 Å². The van der Waals surface area contributed by atoms with Crippen LogP contribution in [0.3, 0.4) is 0 Å². The third-order valence-electron chi connectivity index (χ3n) is 10.3. The molecule has 0 nitrogen and oxygen atoms in total. The van der Waals surface area contributed by atoms with E-state index in [0.717, 1.165) is 30.9 Å². The van der Waals surface area contributed by atoms with Gasteiger partial charge in [-0.05, 0) is 0 Å². The van der Waals surface area contributed by atoms with Crippen molar-refractivity contribution in [3.05, 3.63) is 119 Å². The summed E-state index contributed by atoms with van der Waals surface area (Å²) >= 11 is -1.89. The van der Waals surface area contributed by atoms with Gasteiger partial charge in [-0.15, -0.1) is 0 Å². The Morgan fingerprint density at radius 3 is 1.38 bits per heavy atom. The van der Waals surface area contributed by atoms with Gasteiger partial charge >= 0.3 is 241 Å². The Labute approximate surface area is 263 Å². The van der Waals surface area contributed by atoms with Gasteiger partial charge in [0.1, 0.15) is 0 Å². The van der Waals surface area contributed by atoms with Gasteiger partial charge in [0.2, 0.25) is 0 Å². The number of hydrogen-bond donors (Lipinski definition) is 0. The molecular weight excluding hydrogens is 623 g/mol. The molecule has 0 amide bonds. The molecule has 0 radical (unpaired) electrons. The molecule has 2 saturated carbocycles. The van der Waals surface area contributed by atoms with E-state index >= 15 is 0 Å². The molecular formula is C36H44Cl2SiZr. The molecule has 4 heteroatoms. The van der Waals surface area contributed by atoms with Crippen molar-refractivity contribution < 1.29 is 45.2 Å². The molecule has 0 spiro atoms. The van der Waals surface area contributed by atoms with Crippen molar-refractivity contribution in [2.24, 2.45) is 23.7 Å². The number of fused-ring (bicyclic) bond motifs is 2. The van der Waals surface area contributed by atoms with Gasteiger partial charge in [0.25, 0.3) is 0 Å². The zero-order valence-electron chi connectivity index (χ0n) is 24.4. The second-order valence-electron chi connectivity index (χ2n) is 12.7. The van der Waals surface area contributed by atoms with Gasteiger partial charge in [-0.3, -0.25) is 0 Å². The summed E-state index contributed by atoms with van der Waals surface area (Å²) in [6, 6.07) is 22.9. The molecule has 2 fully saturated rings. The zero-order chi connectivity index (χ0) is 26.2. The smallest absolute Gasteiger partial charge is 1.00 e. The van der Waals surface area contributed by atoms with Crippen molar-refractivity contribution in [2.75, 3.05) is 0 Å². The standard InChI is InChI=1S/2C17H19.C2H6Si.2ClH.Zr/c2*1-13-11-15-9-5-6-10-16(17(15)12-13)14-7-3-2-4-8-14;1-3-2;;;/h2*2-9,11,13,16-17H,10,12H2,1H3;1-2H3;2*1H;/q;;;;;+2/p-2. The predicted molar refractivity (Wildman–Crippen MR) is 162 cm³/mol. The second kappa shape index (κ2) is 14.0. The third-order valence-corrected chi connectivity index (χ3v) is 31.3. The van der Waals surface area contributed by atoms with E-state index in [9.17, 15) is 0 Å². The van der Waals surface area contributed by atoms with E-state index < -0.39 is 20.4 Å². The minimum Gasteiger partial charge on any atom is -1.00 e. The van der Waals surface area contributed by atoms with Crippen LogP contribution in [0, 0.1) is 23.7 Å². The summed E-state index contributed by atoms with van der Waals surface area (Å²) in [4.78, 5) is 0. The SMILES string of the molecule is CC1CC2C(=CC=CCC2c2ccccc2)[CH]1[Zr+2]([CH]1C2=CC=CCC(c3ccccc3)C2CC1C)=[Si](C)C.[Cl-].[Cl-]. The quantitative estimate of drug-likeness (QED) is 0.432. The zero-order valence-corrected chi connectivity index (χ0v) is 29.4. The van der Waals surface area contributed by atoms with E-state index in [4.69, 9.17) is 0 Å². The Morgan fingerprint density at radius 2 is 1.00 bits per heavy atom. The van der Waals surface area contributed by atoms with Gasteiger partial charge in [-0.1, -0.05) is 0 Å². The molecule has 0 aliphatic heterocycles. The molecule has 8 atom stereocenters. The Bertz CT molecular complexity index is 1210. The number of rotatable bonds is 4. The first-order chi connectivity index (χ1) is 18.5. The first kappa shape index (κ1) is 32.0. The molecule has 0 bridgehead atoms. The van der Waals surface area contributed by atoms with E-state index in [1.165, 1.54) is 25.7 Å². The Balaban J connectivity index is 0.00000185. The topological polar surface area (TPSA) is 0 Å². The van der Waals surface area contributed by atoms with Crippen LogP contribution in [0.15, 0.2) is 108 Å². The van der Waals surface area contributed by atoms with Gasteiger partial charge in [-0.25, -0.2) is 0 Å². The first-order valence-corrected chi connectivity index (χ1v) is 24.1. The van der Waals surface area contributed by atoms with Crippen molar-refractivity contribution in [3.8, 4) is 0 Å². The van der Waals surface area contributed by atoms with Gasteiger partial charge < -0.3 is 24.8 Å². The van der Waals surface area contributed by atoms with Crippen LogP contribution >= 0.6 is 0 Å². The molecule has 2 aromatic carbocycles. The number of benzene rings is 2. The van der Waals surface area contributed by atoms with Gasteiger partial charge in [0, 0.05) is 0 Å². The van der Waals surface area contributed by atoms with Crippen LogP contribution in [-0.4, -0.2) is 5.43 Å². The summed E-state index contributed by atoms with van der Waals surface area (Å²) in [6.45, 7) is 10.7. The molecule has 4 aliphatic rings. The molecule has 6 rings (SSSR count). The Morgan fingerprint density at radius 1 is 0.600 bits per heavy atom. The van der Waals surface area contributed by atoms with E-state index in [0.29, 0.717) is 11.8 Å². The summed E-state index contributed by atoms with van der Waals surface area (Å²) in [6.07, 6.45) is 20.2. The van der Waals surface area contributed by atoms with E-state index in [-0.39, 0.29) is 30.2 Å². The maximum absolute atomic E-state index is 2.71.